The number of carbonyl (C=O) groups excluding carboxylic acids is 2. The van der Waals surface area contributed by atoms with Crippen LogP contribution in [0.1, 0.15) is 32.6 Å². The molecule has 0 aromatic heterocycles. The number of imide groups is 1. The van der Waals surface area contributed by atoms with Gasteiger partial charge in [0.1, 0.15) is 30.3 Å². The number of benzene rings is 5. The van der Waals surface area contributed by atoms with E-state index in [1.165, 1.54) is 6.07 Å². The van der Waals surface area contributed by atoms with Gasteiger partial charge in [0.2, 0.25) is 0 Å². The second-order valence-corrected chi connectivity index (χ2v) is 9.87. The highest BCUT2D eigenvalue weighted by Crippen LogP contribution is 2.39. The van der Waals surface area contributed by atoms with Crippen molar-refractivity contribution in [3.05, 3.63) is 149 Å². The van der Waals surface area contributed by atoms with Crippen LogP contribution in [0.3, 0.4) is 0 Å². The van der Waals surface area contributed by atoms with Crippen molar-refractivity contribution in [1.82, 2.24) is 5.32 Å². The van der Waals surface area contributed by atoms with Crippen LogP contribution in [-0.2, 0) is 19.6 Å². The molecule has 5 aromatic rings. The molecule has 0 bridgehead atoms. The van der Waals surface area contributed by atoms with E-state index in [2.05, 4.69) is 10.6 Å². The lowest BCUT2D eigenvalue weighted by molar-refractivity contribution is 0.0957. The Balaban J connectivity index is 1.21. The summed E-state index contributed by atoms with van der Waals surface area (Å²) in [5.41, 5.74) is 5.18. The van der Waals surface area contributed by atoms with Crippen molar-refractivity contribution in [2.45, 2.75) is 19.6 Å². The first-order valence-corrected chi connectivity index (χ1v) is 13.6. The zero-order valence-corrected chi connectivity index (χ0v) is 22.6. The minimum Gasteiger partial charge on any atom is -0.488 e. The Bertz CT molecular complexity index is 1690. The number of nitrogens with one attached hydrogen (secondary N) is 2. The fraction of sp³-hybridized carbons (Fsp3) is 0.0857. The van der Waals surface area contributed by atoms with Crippen LogP contribution in [0.5, 0.6) is 11.5 Å². The van der Waals surface area contributed by atoms with Crippen LogP contribution >= 0.6 is 0 Å². The van der Waals surface area contributed by atoms with Crippen molar-refractivity contribution in [1.29, 1.82) is 0 Å². The van der Waals surface area contributed by atoms with Gasteiger partial charge in [-0.25, -0.2) is 9.18 Å². The Morgan fingerprint density at radius 1 is 0.667 bits per heavy atom. The van der Waals surface area contributed by atoms with Crippen molar-refractivity contribution < 1.29 is 23.5 Å². The number of amides is 3. The fourth-order valence-corrected chi connectivity index (χ4v) is 5.04. The standard InChI is InChI=1S/C35H27FN2O4/c36-33-28-20-25-14-7-8-15-26(25)27(28)18-19-29(33)37-35(40)38-34(39)32-30(41-21-23-10-3-1-4-11-23)16-9-17-31(32)42-22-24-12-5-2-6-13-24/h1-19H,20-22H2,(H2,37,38,39,40). The minimum atomic E-state index is -0.874. The quantitative estimate of drug-likeness (QED) is 0.203. The molecule has 3 amide bonds. The maximum absolute atomic E-state index is 15.4. The molecule has 0 saturated heterocycles. The maximum atomic E-state index is 15.4. The first-order chi connectivity index (χ1) is 20.6. The van der Waals surface area contributed by atoms with Crippen molar-refractivity contribution in [3.8, 4) is 22.6 Å². The van der Waals surface area contributed by atoms with Crippen LogP contribution in [0, 0.1) is 5.82 Å². The van der Waals surface area contributed by atoms with Gasteiger partial charge in [0.15, 0.2) is 5.82 Å². The van der Waals surface area contributed by atoms with Crippen LogP contribution in [0.4, 0.5) is 14.9 Å². The van der Waals surface area contributed by atoms with Crippen LogP contribution in [0.25, 0.3) is 11.1 Å². The molecule has 1 aliphatic rings. The molecule has 0 saturated carbocycles. The predicted octanol–water partition coefficient (Wildman–Crippen LogP) is 7.52. The summed E-state index contributed by atoms with van der Waals surface area (Å²) in [6.45, 7) is 0.413. The van der Waals surface area contributed by atoms with Gasteiger partial charge in [-0.1, -0.05) is 97.1 Å². The SMILES string of the molecule is O=C(NC(=O)c1c(OCc2ccccc2)cccc1OCc1ccccc1)Nc1ccc2c(c1F)Cc1ccccc1-2. The third-order valence-electron chi connectivity index (χ3n) is 7.08. The van der Waals surface area contributed by atoms with Gasteiger partial charge in [-0.05, 0) is 46.0 Å². The normalized spacial score (nSPS) is 11.3. The summed E-state index contributed by atoms with van der Waals surface area (Å²) in [5, 5.41) is 4.81. The molecule has 6 rings (SSSR count). The molecule has 208 valence electrons. The molecule has 0 aliphatic heterocycles. The summed E-state index contributed by atoms with van der Waals surface area (Å²) in [6.07, 6.45) is 0.432. The molecule has 0 fully saturated rings. The number of rotatable bonds is 8. The first-order valence-electron chi connectivity index (χ1n) is 13.6. The third kappa shape index (κ3) is 5.71. The zero-order chi connectivity index (χ0) is 28.9. The Labute approximate surface area is 242 Å². The summed E-state index contributed by atoms with van der Waals surface area (Å²) in [5.74, 6) is -0.773. The molecule has 7 heteroatoms. The van der Waals surface area contributed by atoms with E-state index < -0.39 is 17.8 Å². The molecule has 2 N–H and O–H groups in total. The summed E-state index contributed by atoms with van der Waals surface area (Å²) < 4.78 is 27.5. The Hall–Kier alpha value is -5.43. The average molecular weight is 559 g/mol. The van der Waals surface area contributed by atoms with E-state index in [9.17, 15) is 9.59 Å². The largest absolute Gasteiger partial charge is 0.488 e. The third-order valence-corrected chi connectivity index (χ3v) is 7.08. The summed E-state index contributed by atoms with van der Waals surface area (Å²) in [7, 11) is 0. The van der Waals surface area contributed by atoms with Gasteiger partial charge in [0.25, 0.3) is 5.91 Å². The molecule has 0 spiro atoms. The molecule has 0 radical (unpaired) electrons. The summed E-state index contributed by atoms with van der Waals surface area (Å²) in [4.78, 5) is 26.5. The molecular weight excluding hydrogens is 531 g/mol. The van der Waals surface area contributed by atoms with Crippen molar-refractivity contribution >= 4 is 17.6 Å². The van der Waals surface area contributed by atoms with E-state index in [1.807, 2.05) is 84.9 Å². The van der Waals surface area contributed by atoms with Gasteiger partial charge in [0.05, 0.1) is 5.69 Å². The molecule has 0 heterocycles. The molecule has 42 heavy (non-hydrogen) atoms. The van der Waals surface area contributed by atoms with Crippen LogP contribution < -0.4 is 20.1 Å². The van der Waals surface area contributed by atoms with Gasteiger partial charge >= 0.3 is 6.03 Å². The molecule has 5 aromatic carbocycles. The number of hydrogen-bond donors (Lipinski definition) is 2. The lowest BCUT2D eigenvalue weighted by atomic mass is 10.1. The van der Waals surface area contributed by atoms with E-state index in [-0.39, 0.29) is 36.0 Å². The molecule has 0 atom stereocenters. The van der Waals surface area contributed by atoms with Crippen LogP contribution in [-0.4, -0.2) is 11.9 Å². The minimum absolute atomic E-state index is 0.0129. The summed E-state index contributed by atoms with van der Waals surface area (Å²) in [6, 6.07) is 34.2. The Morgan fingerprint density at radius 3 is 1.90 bits per heavy atom. The van der Waals surface area contributed by atoms with Crippen molar-refractivity contribution in [3.63, 3.8) is 0 Å². The molecule has 1 aliphatic carbocycles. The van der Waals surface area contributed by atoms with E-state index in [4.69, 9.17) is 9.47 Å². The topological polar surface area (TPSA) is 76.7 Å². The van der Waals surface area contributed by atoms with Gasteiger partial charge in [-0.3, -0.25) is 10.1 Å². The van der Waals surface area contributed by atoms with Gasteiger partial charge in [0, 0.05) is 12.0 Å². The van der Waals surface area contributed by atoms with Gasteiger partial charge in [-0.15, -0.1) is 0 Å². The maximum Gasteiger partial charge on any atom is 0.326 e. The second kappa shape index (κ2) is 12.0. The van der Waals surface area contributed by atoms with Crippen molar-refractivity contribution in [2.24, 2.45) is 0 Å². The van der Waals surface area contributed by atoms with Crippen molar-refractivity contribution in [2.75, 3.05) is 5.32 Å². The van der Waals surface area contributed by atoms with Crippen LogP contribution in [0.2, 0.25) is 0 Å². The Morgan fingerprint density at radius 2 is 1.26 bits per heavy atom. The second-order valence-electron chi connectivity index (χ2n) is 9.87. The highest BCUT2D eigenvalue weighted by molar-refractivity contribution is 6.10. The number of fused-ring (bicyclic) bond motifs is 3. The number of anilines is 1. The average Bonchev–Trinajstić information content (AvgIpc) is 3.41. The first kappa shape index (κ1) is 26.8. The number of urea groups is 1. The zero-order valence-electron chi connectivity index (χ0n) is 22.6. The van der Waals surface area contributed by atoms with Gasteiger partial charge < -0.3 is 14.8 Å². The number of hydrogen-bond acceptors (Lipinski definition) is 4. The predicted molar refractivity (Wildman–Crippen MR) is 159 cm³/mol. The highest BCUT2D eigenvalue weighted by Gasteiger charge is 2.25. The monoisotopic (exact) mass is 558 g/mol. The highest BCUT2D eigenvalue weighted by atomic mass is 19.1. The Kier molecular flexibility index (Phi) is 7.64. The van der Waals surface area contributed by atoms with E-state index in [0.29, 0.717) is 12.0 Å². The lowest BCUT2D eigenvalue weighted by Crippen LogP contribution is -2.35. The number of ether oxygens (including phenoxy) is 2. The summed E-state index contributed by atoms with van der Waals surface area (Å²) >= 11 is 0. The van der Waals surface area contributed by atoms with E-state index >= 15 is 4.39 Å². The van der Waals surface area contributed by atoms with E-state index in [1.54, 1.807) is 24.3 Å². The molecule has 0 unspecified atom stereocenters. The number of halogens is 1. The molecule has 6 nitrogen and oxygen atoms in total. The molecular formula is C35H27FN2O4. The van der Waals surface area contributed by atoms with Crippen LogP contribution in [0.15, 0.2) is 115 Å². The smallest absolute Gasteiger partial charge is 0.326 e. The lowest BCUT2D eigenvalue weighted by Gasteiger charge is -2.16. The van der Waals surface area contributed by atoms with Gasteiger partial charge in [-0.2, -0.15) is 0 Å². The number of carbonyl (C=O) groups is 2. The van der Waals surface area contributed by atoms with E-state index in [0.717, 1.165) is 27.8 Å². The fourth-order valence-electron chi connectivity index (χ4n) is 5.04.